The van der Waals surface area contributed by atoms with E-state index in [1.54, 1.807) is 6.33 Å². The Kier molecular flexibility index (Phi) is 7.63. The van der Waals surface area contributed by atoms with Gasteiger partial charge in [-0.1, -0.05) is 59.8 Å². The number of carbonyl (C=O) groups excluding carboxylic acids is 1. The molecule has 0 radical (unpaired) electrons. The average molecular weight is 397 g/mol. The fraction of sp³-hybridized carbons (Fsp3) is 0.286. The Balaban J connectivity index is 1.34. The molecule has 3 aromatic rings. The predicted molar refractivity (Wildman–Crippen MR) is 111 cm³/mol. The number of thioether (sulfide) groups is 1. The largest absolute Gasteiger partial charge is 0.377 e. The van der Waals surface area contributed by atoms with Crippen LogP contribution in [-0.2, 0) is 16.1 Å². The Hall–Kier alpha value is -2.64. The first-order valence-corrected chi connectivity index (χ1v) is 10.2. The minimum atomic E-state index is -0.0217. The number of rotatable bonds is 10. The van der Waals surface area contributed by atoms with Crippen molar-refractivity contribution >= 4 is 17.7 Å². The maximum Gasteiger partial charge on any atom is 0.230 e. The van der Waals surface area contributed by atoms with Crippen LogP contribution < -0.4 is 5.32 Å². The Morgan fingerprint density at radius 3 is 2.71 bits per heavy atom. The summed E-state index contributed by atoms with van der Waals surface area (Å²) in [5.41, 5.74) is 3.33. The standard InChI is InChI=1S/C21H24N4O2S/c1-17-8-10-19(11-9-17)25-16-23-24-21(25)28-15-20(26)22-12-5-13-27-14-18-6-3-2-4-7-18/h2-4,6-11,16H,5,12-15H2,1H3,(H,22,26). The second-order valence-electron chi connectivity index (χ2n) is 6.35. The van der Waals surface area contributed by atoms with Crippen LogP contribution in [-0.4, -0.2) is 39.6 Å². The van der Waals surface area contributed by atoms with Gasteiger partial charge in [0.1, 0.15) is 6.33 Å². The second-order valence-corrected chi connectivity index (χ2v) is 7.29. The highest BCUT2D eigenvalue weighted by atomic mass is 32.2. The van der Waals surface area contributed by atoms with Crippen molar-refractivity contribution in [2.75, 3.05) is 18.9 Å². The molecule has 6 nitrogen and oxygen atoms in total. The summed E-state index contributed by atoms with van der Waals surface area (Å²) < 4.78 is 7.50. The van der Waals surface area contributed by atoms with Crippen molar-refractivity contribution in [3.63, 3.8) is 0 Å². The molecule has 0 aliphatic heterocycles. The van der Waals surface area contributed by atoms with Gasteiger partial charge in [-0.2, -0.15) is 0 Å². The van der Waals surface area contributed by atoms with Gasteiger partial charge in [0.25, 0.3) is 0 Å². The highest BCUT2D eigenvalue weighted by molar-refractivity contribution is 7.99. The lowest BCUT2D eigenvalue weighted by molar-refractivity contribution is -0.118. The lowest BCUT2D eigenvalue weighted by atomic mass is 10.2. The van der Waals surface area contributed by atoms with E-state index in [0.717, 1.165) is 17.7 Å². The van der Waals surface area contributed by atoms with Crippen molar-refractivity contribution in [3.8, 4) is 5.69 Å². The van der Waals surface area contributed by atoms with Crippen molar-refractivity contribution < 1.29 is 9.53 Å². The van der Waals surface area contributed by atoms with Gasteiger partial charge in [0.05, 0.1) is 12.4 Å². The van der Waals surface area contributed by atoms with E-state index in [1.807, 2.05) is 66.1 Å². The van der Waals surface area contributed by atoms with Crippen LogP contribution in [0.25, 0.3) is 5.69 Å². The molecule has 0 fully saturated rings. The van der Waals surface area contributed by atoms with Crippen LogP contribution in [0.2, 0.25) is 0 Å². The molecule has 2 aromatic carbocycles. The molecule has 0 aliphatic carbocycles. The number of carbonyl (C=O) groups is 1. The monoisotopic (exact) mass is 396 g/mol. The number of benzene rings is 2. The molecule has 0 aliphatic rings. The number of hydrogen-bond donors (Lipinski definition) is 1. The lowest BCUT2D eigenvalue weighted by Crippen LogP contribution is -2.27. The van der Waals surface area contributed by atoms with Crippen LogP contribution in [0.1, 0.15) is 17.5 Å². The molecule has 1 N–H and O–H groups in total. The van der Waals surface area contributed by atoms with Gasteiger partial charge in [-0.25, -0.2) is 0 Å². The highest BCUT2D eigenvalue weighted by Gasteiger charge is 2.10. The zero-order valence-electron chi connectivity index (χ0n) is 15.9. The molecule has 0 saturated carbocycles. The third-order valence-electron chi connectivity index (χ3n) is 4.06. The molecule has 1 heterocycles. The van der Waals surface area contributed by atoms with Crippen LogP contribution >= 0.6 is 11.8 Å². The van der Waals surface area contributed by atoms with Gasteiger partial charge < -0.3 is 10.1 Å². The van der Waals surface area contributed by atoms with Crippen molar-refractivity contribution in [2.45, 2.75) is 25.1 Å². The summed E-state index contributed by atoms with van der Waals surface area (Å²) in [5.74, 6) is 0.279. The van der Waals surface area contributed by atoms with Crippen LogP contribution in [0.4, 0.5) is 0 Å². The molecular formula is C21H24N4O2S. The summed E-state index contributed by atoms with van der Waals surface area (Å²) in [5, 5.41) is 11.7. The van der Waals surface area contributed by atoms with Crippen molar-refractivity contribution in [3.05, 3.63) is 72.1 Å². The third kappa shape index (κ3) is 6.21. The fourth-order valence-corrected chi connectivity index (χ4v) is 3.31. The van der Waals surface area contributed by atoms with E-state index in [2.05, 4.69) is 15.5 Å². The maximum absolute atomic E-state index is 12.1. The van der Waals surface area contributed by atoms with E-state index < -0.39 is 0 Å². The van der Waals surface area contributed by atoms with Gasteiger partial charge in [0.15, 0.2) is 5.16 Å². The van der Waals surface area contributed by atoms with E-state index in [-0.39, 0.29) is 5.91 Å². The zero-order valence-corrected chi connectivity index (χ0v) is 16.7. The Morgan fingerprint density at radius 2 is 1.93 bits per heavy atom. The van der Waals surface area contributed by atoms with Gasteiger partial charge in [-0.3, -0.25) is 9.36 Å². The first kappa shape index (κ1) is 20.1. The number of nitrogens with zero attached hydrogens (tertiary/aromatic N) is 3. The fourth-order valence-electron chi connectivity index (χ4n) is 2.55. The topological polar surface area (TPSA) is 69.0 Å². The van der Waals surface area contributed by atoms with Crippen LogP contribution in [0.3, 0.4) is 0 Å². The maximum atomic E-state index is 12.1. The summed E-state index contributed by atoms with van der Waals surface area (Å²) in [6, 6.07) is 18.2. The average Bonchev–Trinajstić information content (AvgIpc) is 3.19. The number of amides is 1. The molecule has 146 valence electrons. The van der Waals surface area contributed by atoms with Crippen LogP contribution in [0.15, 0.2) is 66.1 Å². The molecule has 1 amide bonds. The normalized spacial score (nSPS) is 10.8. The zero-order chi connectivity index (χ0) is 19.6. The Labute approximate surface area is 169 Å². The summed E-state index contributed by atoms with van der Waals surface area (Å²) in [6.07, 6.45) is 2.44. The summed E-state index contributed by atoms with van der Waals surface area (Å²) >= 11 is 1.37. The SMILES string of the molecule is Cc1ccc(-n2cnnc2SCC(=O)NCCCOCc2ccccc2)cc1. The minimum absolute atomic E-state index is 0.0217. The molecule has 0 spiro atoms. The molecule has 28 heavy (non-hydrogen) atoms. The molecular weight excluding hydrogens is 372 g/mol. The second kappa shape index (κ2) is 10.6. The molecule has 0 bridgehead atoms. The van der Waals surface area contributed by atoms with Gasteiger partial charge >= 0.3 is 0 Å². The number of nitrogens with one attached hydrogen (secondary N) is 1. The van der Waals surface area contributed by atoms with Gasteiger partial charge in [-0.15, -0.1) is 10.2 Å². The number of ether oxygens (including phenoxy) is 1. The molecule has 7 heteroatoms. The first-order valence-electron chi connectivity index (χ1n) is 9.20. The number of aromatic nitrogens is 3. The van der Waals surface area contributed by atoms with Crippen LogP contribution in [0.5, 0.6) is 0 Å². The van der Waals surface area contributed by atoms with Gasteiger partial charge in [-0.05, 0) is 31.0 Å². The summed E-state index contributed by atoms with van der Waals surface area (Å²) in [6.45, 7) is 3.85. The lowest BCUT2D eigenvalue weighted by Gasteiger charge is -2.08. The third-order valence-corrected chi connectivity index (χ3v) is 5.00. The van der Waals surface area contributed by atoms with Crippen molar-refractivity contribution in [2.24, 2.45) is 0 Å². The Bertz CT molecular complexity index is 866. The van der Waals surface area contributed by atoms with Crippen molar-refractivity contribution in [1.82, 2.24) is 20.1 Å². The smallest absolute Gasteiger partial charge is 0.230 e. The van der Waals surface area contributed by atoms with Gasteiger partial charge in [0, 0.05) is 18.8 Å². The van der Waals surface area contributed by atoms with E-state index in [4.69, 9.17) is 4.74 Å². The quantitative estimate of drug-likeness (QED) is 0.420. The number of aryl methyl sites for hydroxylation is 1. The summed E-state index contributed by atoms with van der Waals surface area (Å²) in [7, 11) is 0. The van der Waals surface area contributed by atoms with Crippen LogP contribution in [0, 0.1) is 6.92 Å². The Morgan fingerprint density at radius 1 is 1.14 bits per heavy atom. The van der Waals surface area contributed by atoms with E-state index in [9.17, 15) is 4.79 Å². The van der Waals surface area contributed by atoms with E-state index in [0.29, 0.717) is 30.7 Å². The predicted octanol–water partition coefficient (Wildman–Crippen LogP) is 3.39. The van der Waals surface area contributed by atoms with Gasteiger partial charge in [0.2, 0.25) is 5.91 Å². The van der Waals surface area contributed by atoms with E-state index >= 15 is 0 Å². The van der Waals surface area contributed by atoms with E-state index in [1.165, 1.54) is 17.3 Å². The highest BCUT2D eigenvalue weighted by Crippen LogP contribution is 2.19. The molecule has 3 rings (SSSR count). The first-order chi connectivity index (χ1) is 13.7. The molecule has 0 saturated heterocycles. The number of hydrogen-bond acceptors (Lipinski definition) is 5. The molecule has 1 aromatic heterocycles. The summed E-state index contributed by atoms with van der Waals surface area (Å²) in [4.78, 5) is 12.1. The molecule has 0 atom stereocenters. The minimum Gasteiger partial charge on any atom is -0.377 e. The van der Waals surface area contributed by atoms with Crippen molar-refractivity contribution in [1.29, 1.82) is 0 Å². The molecule has 0 unspecified atom stereocenters.